The first-order chi connectivity index (χ1) is 8.02. The molecule has 0 radical (unpaired) electrons. The van der Waals surface area contributed by atoms with Gasteiger partial charge in [-0.1, -0.05) is 29.3 Å². The van der Waals surface area contributed by atoms with Crippen LogP contribution in [0, 0.1) is 13.8 Å². The van der Waals surface area contributed by atoms with Gasteiger partial charge < -0.3 is 10.7 Å². The smallest absolute Gasteiger partial charge is 0.252 e. The molecule has 0 unspecified atom stereocenters. The number of nitrogen functional groups attached to an aromatic ring is 1. The first kappa shape index (κ1) is 11.4. The van der Waals surface area contributed by atoms with E-state index in [1.165, 1.54) is 17.2 Å². The van der Waals surface area contributed by atoms with Crippen molar-refractivity contribution in [2.45, 2.75) is 20.3 Å². The van der Waals surface area contributed by atoms with Crippen molar-refractivity contribution in [2.24, 2.45) is 0 Å². The summed E-state index contributed by atoms with van der Waals surface area (Å²) in [5, 5.41) is 0. The Labute approximate surface area is 99.5 Å². The number of hydrogen-bond acceptors (Lipinski definition) is 3. The van der Waals surface area contributed by atoms with Crippen molar-refractivity contribution < 1.29 is 0 Å². The second-order valence-corrected chi connectivity index (χ2v) is 4.29. The van der Waals surface area contributed by atoms with E-state index in [1.54, 1.807) is 0 Å². The Morgan fingerprint density at radius 1 is 1.18 bits per heavy atom. The average molecular weight is 229 g/mol. The van der Waals surface area contributed by atoms with Gasteiger partial charge in [-0.15, -0.1) is 0 Å². The highest BCUT2D eigenvalue weighted by atomic mass is 16.1. The Kier molecular flexibility index (Phi) is 2.95. The molecule has 0 amide bonds. The van der Waals surface area contributed by atoms with E-state index in [9.17, 15) is 4.79 Å². The Morgan fingerprint density at radius 2 is 1.82 bits per heavy atom. The summed E-state index contributed by atoms with van der Waals surface area (Å²) in [6.45, 7) is 4.10. The van der Waals surface area contributed by atoms with Crippen molar-refractivity contribution in [3.63, 3.8) is 0 Å². The highest BCUT2D eigenvalue weighted by molar-refractivity contribution is 5.32. The molecule has 88 valence electrons. The van der Waals surface area contributed by atoms with Gasteiger partial charge >= 0.3 is 0 Å². The Balaban J connectivity index is 2.34. The summed E-state index contributed by atoms with van der Waals surface area (Å²) >= 11 is 0. The summed E-state index contributed by atoms with van der Waals surface area (Å²) < 4.78 is 0. The monoisotopic (exact) mass is 229 g/mol. The number of aryl methyl sites for hydroxylation is 2. The molecule has 0 bridgehead atoms. The average Bonchev–Trinajstić information content (AvgIpc) is 2.13. The molecule has 1 aromatic heterocycles. The van der Waals surface area contributed by atoms with Crippen molar-refractivity contribution in [3.8, 4) is 0 Å². The second kappa shape index (κ2) is 4.41. The van der Waals surface area contributed by atoms with Gasteiger partial charge in [-0.05, 0) is 19.4 Å². The van der Waals surface area contributed by atoms with E-state index in [-0.39, 0.29) is 11.4 Å². The van der Waals surface area contributed by atoms with Crippen molar-refractivity contribution in [3.05, 3.63) is 57.1 Å². The third-order valence-corrected chi connectivity index (χ3v) is 2.46. The summed E-state index contributed by atoms with van der Waals surface area (Å²) in [6.07, 6.45) is 0.586. The van der Waals surface area contributed by atoms with Crippen LogP contribution in [-0.4, -0.2) is 9.97 Å². The predicted octanol–water partition coefficient (Wildman–Crippen LogP) is 1.56. The zero-order valence-electron chi connectivity index (χ0n) is 9.95. The molecule has 2 aromatic rings. The fourth-order valence-electron chi connectivity index (χ4n) is 1.98. The van der Waals surface area contributed by atoms with E-state index in [2.05, 4.69) is 28.2 Å². The van der Waals surface area contributed by atoms with Crippen LogP contribution in [0.25, 0.3) is 0 Å². The lowest BCUT2D eigenvalue weighted by Gasteiger charge is -2.05. The number of nitrogens with two attached hydrogens (primary N) is 1. The predicted molar refractivity (Wildman–Crippen MR) is 68.0 cm³/mol. The van der Waals surface area contributed by atoms with Gasteiger partial charge in [0.2, 0.25) is 0 Å². The number of nitrogens with zero attached hydrogens (tertiary/aromatic N) is 1. The van der Waals surface area contributed by atoms with Crippen molar-refractivity contribution in [1.29, 1.82) is 0 Å². The summed E-state index contributed by atoms with van der Waals surface area (Å²) in [4.78, 5) is 18.1. The van der Waals surface area contributed by atoms with Gasteiger partial charge in [0, 0.05) is 12.5 Å². The standard InChI is InChI=1S/C13H15N3O/c1-8-3-9(2)5-10(4-8)6-12-15-11(14)7-13(17)16-12/h3-5,7H,6H2,1-2H3,(H3,14,15,16,17). The minimum Gasteiger partial charge on any atom is -0.383 e. The first-order valence-electron chi connectivity index (χ1n) is 5.46. The van der Waals surface area contributed by atoms with Gasteiger partial charge in [0.1, 0.15) is 11.6 Å². The Morgan fingerprint density at radius 3 is 2.41 bits per heavy atom. The molecule has 17 heavy (non-hydrogen) atoms. The second-order valence-electron chi connectivity index (χ2n) is 4.29. The van der Waals surface area contributed by atoms with Crippen LogP contribution >= 0.6 is 0 Å². The van der Waals surface area contributed by atoms with E-state index in [0.717, 1.165) is 5.56 Å². The number of anilines is 1. The molecule has 0 aliphatic heterocycles. The maximum Gasteiger partial charge on any atom is 0.252 e. The SMILES string of the molecule is Cc1cc(C)cc(Cc2nc(N)cc(=O)[nH]2)c1. The molecule has 0 aliphatic carbocycles. The van der Waals surface area contributed by atoms with Crippen LogP contribution in [0.1, 0.15) is 22.5 Å². The fourth-order valence-corrected chi connectivity index (χ4v) is 1.98. The van der Waals surface area contributed by atoms with Gasteiger partial charge in [0.15, 0.2) is 0 Å². The molecule has 4 nitrogen and oxygen atoms in total. The lowest BCUT2D eigenvalue weighted by molar-refractivity contribution is 0.950. The van der Waals surface area contributed by atoms with Crippen LogP contribution in [0.3, 0.4) is 0 Å². The normalized spacial score (nSPS) is 10.5. The molecule has 0 spiro atoms. The number of hydrogen-bond donors (Lipinski definition) is 2. The van der Waals surface area contributed by atoms with Crippen LogP contribution in [0.5, 0.6) is 0 Å². The number of nitrogens with one attached hydrogen (secondary N) is 1. The first-order valence-corrected chi connectivity index (χ1v) is 5.46. The summed E-state index contributed by atoms with van der Waals surface area (Å²) in [7, 11) is 0. The van der Waals surface area contributed by atoms with Gasteiger partial charge in [0.25, 0.3) is 5.56 Å². The van der Waals surface area contributed by atoms with Crippen molar-refractivity contribution in [1.82, 2.24) is 9.97 Å². The number of aromatic amines is 1. The maximum atomic E-state index is 11.3. The van der Waals surface area contributed by atoms with Crippen molar-refractivity contribution >= 4 is 5.82 Å². The molecule has 1 aromatic carbocycles. The zero-order valence-corrected chi connectivity index (χ0v) is 9.95. The fraction of sp³-hybridized carbons (Fsp3) is 0.231. The van der Waals surface area contributed by atoms with E-state index in [0.29, 0.717) is 12.2 Å². The van der Waals surface area contributed by atoms with Gasteiger partial charge in [-0.3, -0.25) is 4.79 Å². The third kappa shape index (κ3) is 2.93. The van der Waals surface area contributed by atoms with E-state index in [4.69, 9.17) is 5.73 Å². The van der Waals surface area contributed by atoms with Crippen LogP contribution in [-0.2, 0) is 6.42 Å². The van der Waals surface area contributed by atoms with Crippen LogP contribution in [0.15, 0.2) is 29.1 Å². The van der Waals surface area contributed by atoms with E-state index < -0.39 is 0 Å². The van der Waals surface area contributed by atoms with E-state index in [1.807, 2.05) is 13.8 Å². The highest BCUT2D eigenvalue weighted by Crippen LogP contribution is 2.11. The number of H-pyrrole nitrogens is 1. The van der Waals surface area contributed by atoms with Gasteiger partial charge in [-0.2, -0.15) is 0 Å². The summed E-state index contributed by atoms with van der Waals surface area (Å²) in [5.74, 6) is 0.855. The molecular formula is C13H15N3O. The summed E-state index contributed by atoms with van der Waals surface area (Å²) in [6, 6.07) is 7.55. The molecule has 0 saturated heterocycles. The minimum absolute atomic E-state index is 0.211. The number of benzene rings is 1. The molecule has 0 fully saturated rings. The maximum absolute atomic E-state index is 11.3. The molecule has 1 heterocycles. The third-order valence-electron chi connectivity index (χ3n) is 2.46. The number of aromatic nitrogens is 2. The molecule has 0 atom stereocenters. The lowest BCUT2D eigenvalue weighted by Crippen LogP contribution is -2.12. The largest absolute Gasteiger partial charge is 0.383 e. The Hall–Kier alpha value is -2.10. The molecule has 2 rings (SSSR count). The topological polar surface area (TPSA) is 71.8 Å². The summed E-state index contributed by atoms with van der Waals surface area (Å²) in [5.41, 5.74) is 8.85. The molecule has 0 aliphatic rings. The van der Waals surface area contributed by atoms with E-state index >= 15 is 0 Å². The number of rotatable bonds is 2. The quantitative estimate of drug-likeness (QED) is 0.820. The van der Waals surface area contributed by atoms with Gasteiger partial charge in [-0.25, -0.2) is 4.98 Å². The van der Waals surface area contributed by atoms with Gasteiger partial charge in [0.05, 0.1) is 0 Å². The van der Waals surface area contributed by atoms with Crippen molar-refractivity contribution in [2.75, 3.05) is 5.73 Å². The molecule has 0 saturated carbocycles. The van der Waals surface area contributed by atoms with Crippen LogP contribution in [0.4, 0.5) is 5.82 Å². The molecule has 3 N–H and O–H groups in total. The van der Waals surface area contributed by atoms with Crippen LogP contribution in [0.2, 0.25) is 0 Å². The van der Waals surface area contributed by atoms with Crippen LogP contribution < -0.4 is 11.3 Å². The highest BCUT2D eigenvalue weighted by Gasteiger charge is 2.02. The molecule has 4 heteroatoms. The zero-order chi connectivity index (χ0) is 12.4. The molecular weight excluding hydrogens is 214 g/mol. The minimum atomic E-state index is -0.211. The Bertz CT molecular complexity index is 582. The lowest BCUT2D eigenvalue weighted by atomic mass is 10.0.